The van der Waals surface area contributed by atoms with Crippen LogP contribution in [0, 0.1) is 5.82 Å². The van der Waals surface area contributed by atoms with Gasteiger partial charge in [-0.2, -0.15) is 0 Å². The summed E-state index contributed by atoms with van der Waals surface area (Å²) >= 11 is 0. The molecule has 1 saturated carbocycles. The molecule has 1 aromatic carbocycles. The quantitative estimate of drug-likeness (QED) is 0.772. The molecule has 1 aromatic rings. The van der Waals surface area contributed by atoms with E-state index in [1.54, 1.807) is 0 Å². The van der Waals surface area contributed by atoms with E-state index in [0.717, 1.165) is 25.7 Å². The van der Waals surface area contributed by atoms with Crippen LogP contribution in [0.2, 0.25) is 0 Å². The van der Waals surface area contributed by atoms with Gasteiger partial charge in [-0.3, -0.25) is 0 Å². The van der Waals surface area contributed by atoms with Crippen molar-refractivity contribution < 1.29 is 14.3 Å². The zero-order chi connectivity index (χ0) is 13.0. The first-order valence-corrected chi connectivity index (χ1v) is 6.09. The summed E-state index contributed by atoms with van der Waals surface area (Å²) in [4.78, 5) is 11.8. The fourth-order valence-corrected chi connectivity index (χ4v) is 2.31. The van der Waals surface area contributed by atoms with Crippen molar-refractivity contribution in [3.63, 3.8) is 0 Å². The highest BCUT2D eigenvalue weighted by Gasteiger charge is 2.34. The summed E-state index contributed by atoms with van der Waals surface area (Å²) in [6.07, 6.45) is 3.61. The van der Waals surface area contributed by atoms with Gasteiger partial charge in [0.05, 0.1) is 12.1 Å². The molecule has 2 amide bonds. The minimum Gasteiger partial charge on any atom is -0.394 e. The molecule has 0 saturated heterocycles. The smallest absolute Gasteiger partial charge is 0.319 e. The van der Waals surface area contributed by atoms with Crippen LogP contribution in [0.3, 0.4) is 0 Å². The molecule has 0 unspecified atom stereocenters. The molecule has 5 heteroatoms. The van der Waals surface area contributed by atoms with Gasteiger partial charge in [0.1, 0.15) is 5.82 Å². The van der Waals surface area contributed by atoms with Gasteiger partial charge in [0.2, 0.25) is 0 Å². The number of nitrogens with one attached hydrogen (secondary N) is 2. The number of benzene rings is 1. The van der Waals surface area contributed by atoms with Gasteiger partial charge in [0.15, 0.2) is 0 Å². The number of aliphatic hydroxyl groups excluding tert-OH is 1. The lowest BCUT2D eigenvalue weighted by Crippen LogP contribution is -2.50. The summed E-state index contributed by atoms with van der Waals surface area (Å²) in [5.74, 6) is -0.344. The molecule has 4 nitrogen and oxygen atoms in total. The van der Waals surface area contributed by atoms with Crippen molar-refractivity contribution in [3.05, 3.63) is 30.1 Å². The van der Waals surface area contributed by atoms with Crippen LogP contribution in [0.15, 0.2) is 24.3 Å². The van der Waals surface area contributed by atoms with Crippen LogP contribution in [-0.2, 0) is 0 Å². The number of carbonyl (C=O) groups excluding carboxylic acids is 1. The van der Waals surface area contributed by atoms with Crippen LogP contribution in [0.25, 0.3) is 0 Å². The van der Waals surface area contributed by atoms with E-state index in [1.807, 2.05) is 0 Å². The number of carbonyl (C=O) groups is 1. The second kappa shape index (κ2) is 5.35. The monoisotopic (exact) mass is 252 g/mol. The van der Waals surface area contributed by atoms with Crippen LogP contribution < -0.4 is 10.6 Å². The Morgan fingerprint density at radius 3 is 2.44 bits per heavy atom. The van der Waals surface area contributed by atoms with E-state index in [0.29, 0.717) is 5.69 Å². The minimum atomic E-state index is -0.496. The van der Waals surface area contributed by atoms with Crippen LogP contribution in [0.5, 0.6) is 0 Å². The maximum Gasteiger partial charge on any atom is 0.319 e. The van der Waals surface area contributed by atoms with Crippen LogP contribution in [0.4, 0.5) is 14.9 Å². The lowest BCUT2D eigenvalue weighted by molar-refractivity contribution is 0.167. The lowest BCUT2D eigenvalue weighted by atomic mass is 9.99. The molecule has 3 N–H and O–H groups in total. The summed E-state index contributed by atoms with van der Waals surface area (Å²) in [7, 11) is 0. The normalized spacial score (nSPS) is 17.4. The summed E-state index contributed by atoms with van der Waals surface area (Å²) in [5, 5.41) is 14.8. The van der Waals surface area contributed by atoms with E-state index < -0.39 is 5.54 Å². The molecule has 0 bridgehead atoms. The summed E-state index contributed by atoms with van der Waals surface area (Å²) < 4.78 is 12.7. The predicted molar refractivity (Wildman–Crippen MR) is 66.8 cm³/mol. The Hall–Kier alpha value is -1.62. The topological polar surface area (TPSA) is 61.4 Å². The molecule has 2 rings (SSSR count). The second-order valence-corrected chi connectivity index (χ2v) is 4.73. The number of halogens is 1. The number of urea groups is 1. The zero-order valence-electron chi connectivity index (χ0n) is 10.1. The van der Waals surface area contributed by atoms with E-state index in [9.17, 15) is 14.3 Å². The lowest BCUT2D eigenvalue weighted by Gasteiger charge is -2.27. The average molecular weight is 252 g/mol. The third kappa shape index (κ3) is 2.98. The van der Waals surface area contributed by atoms with Crippen molar-refractivity contribution >= 4 is 11.7 Å². The number of amides is 2. The van der Waals surface area contributed by atoms with Crippen molar-refractivity contribution in [2.75, 3.05) is 11.9 Å². The maximum atomic E-state index is 12.7. The Morgan fingerprint density at radius 2 is 1.89 bits per heavy atom. The number of hydrogen-bond acceptors (Lipinski definition) is 2. The highest BCUT2D eigenvalue weighted by Crippen LogP contribution is 2.29. The van der Waals surface area contributed by atoms with Gasteiger partial charge in [0, 0.05) is 5.69 Å². The van der Waals surface area contributed by atoms with Crippen molar-refractivity contribution in [3.8, 4) is 0 Å². The molecule has 0 radical (unpaired) electrons. The van der Waals surface area contributed by atoms with E-state index >= 15 is 0 Å². The van der Waals surface area contributed by atoms with Gasteiger partial charge in [-0.05, 0) is 37.1 Å². The molecule has 0 aliphatic heterocycles. The first kappa shape index (κ1) is 12.8. The van der Waals surface area contributed by atoms with E-state index in [2.05, 4.69) is 10.6 Å². The van der Waals surface area contributed by atoms with Crippen LogP contribution in [-0.4, -0.2) is 23.3 Å². The molecular formula is C13H17FN2O2. The maximum absolute atomic E-state index is 12.7. The molecule has 1 fully saturated rings. The van der Waals surface area contributed by atoms with Gasteiger partial charge < -0.3 is 15.7 Å². The highest BCUT2D eigenvalue weighted by molar-refractivity contribution is 5.89. The Bertz CT molecular complexity index is 414. The third-order valence-electron chi connectivity index (χ3n) is 3.34. The second-order valence-electron chi connectivity index (χ2n) is 4.73. The van der Waals surface area contributed by atoms with E-state index in [4.69, 9.17) is 0 Å². The molecule has 0 heterocycles. The van der Waals surface area contributed by atoms with Crippen LogP contribution in [0.1, 0.15) is 25.7 Å². The minimum absolute atomic E-state index is 0.0517. The summed E-state index contributed by atoms with van der Waals surface area (Å²) in [6, 6.07) is 5.20. The number of hydrogen-bond donors (Lipinski definition) is 3. The van der Waals surface area contributed by atoms with Gasteiger partial charge in [0.25, 0.3) is 0 Å². The Balaban J connectivity index is 1.94. The fraction of sp³-hybridized carbons (Fsp3) is 0.462. The Labute approximate surface area is 105 Å². The third-order valence-corrected chi connectivity index (χ3v) is 3.34. The van der Waals surface area contributed by atoms with Crippen molar-refractivity contribution in [1.29, 1.82) is 0 Å². The van der Waals surface area contributed by atoms with Crippen LogP contribution >= 0.6 is 0 Å². The molecule has 1 aliphatic carbocycles. The predicted octanol–water partition coefficient (Wildman–Crippen LogP) is 2.25. The molecule has 1 aliphatic rings. The van der Waals surface area contributed by atoms with Crippen molar-refractivity contribution in [1.82, 2.24) is 5.32 Å². The van der Waals surface area contributed by atoms with E-state index in [1.165, 1.54) is 24.3 Å². The molecule has 0 spiro atoms. The first-order valence-electron chi connectivity index (χ1n) is 6.09. The van der Waals surface area contributed by atoms with Gasteiger partial charge in [-0.25, -0.2) is 9.18 Å². The molecule has 0 atom stereocenters. The molecular weight excluding hydrogens is 235 g/mol. The van der Waals surface area contributed by atoms with Crippen molar-refractivity contribution in [2.45, 2.75) is 31.2 Å². The first-order chi connectivity index (χ1) is 8.63. The molecule has 98 valence electrons. The largest absolute Gasteiger partial charge is 0.394 e. The summed E-state index contributed by atoms with van der Waals surface area (Å²) in [5.41, 5.74) is 0.0318. The number of anilines is 1. The van der Waals surface area contributed by atoms with Crippen molar-refractivity contribution in [2.24, 2.45) is 0 Å². The van der Waals surface area contributed by atoms with Gasteiger partial charge in [-0.1, -0.05) is 12.8 Å². The van der Waals surface area contributed by atoms with Gasteiger partial charge in [-0.15, -0.1) is 0 Å². The van der Waals surface area contributed by atoms with E-state index in [-0.39, 0.29) is 18.5 Å². The average Bonchev–Trinajstić information content (AvgIpc) is 2.81. The van der Waals surface area contributed by atoms with Gasteiger partial charge >= 0.3 is 6.03 Å². The fourth-order valence-electron chi connectivity index (χ4n) is 2.31. The summed E-state index contributed by atoms with van der Waals surface area (Å²) in [6.45, 7) is -0.0517. The highest BCUT2D eigenvalue weighted by atomic mass is 19.1. The zero-order valence-corrected chi connectivity index (χ0v) is 10.1. The Morgan fingerprint density at radius 1 is 1.28 bits per heavy atom. The SMILES string of the molecule is O=C(Nc1ccc(F)cc1)NC1(CO)CCCC1. The standard InChI is InChI=1S/C13H17FN2O2/c14-10-3-5-11(6-4-10)15-12(18)16-13(9-17)7-1-2-8-13/h3-6,17H,1-2,7-9H2,(H2,15,16,18). The number of aliphatic hydroxyl groups is 1. The molecule has 18 heavy (non-hydrogen) atoms. The number of rotatable bonds is 3. The Kier molecular flexibility index (Phi) is 3.81. The molecule has 0 aromatic heterocycles.